The van der Waals surface area contributed by atoms with Crippen molar-refractivity contribution in [3.8, 4) is 5.75 Å². The third-order valence-corrected chi connectivity index (χ3v) is 4.29. The third kappa shape index (κ3) is 7.34. The van der Waals surface area contributed by atoms with Gasteiger partial charge in [0.25, 0.3) is 0 Å². The third-order valence-electron chi connectivity index (χ3n) is 4.29. The Kier molecular flexibility index (Phi) is 7.12. The molecule has 0 radical (unpaired) electrons. The standard InChI is InChI=1S/C20H34N4O/c1-20(2,15-24(4)5)14-23-19(21-3)22-12-17-8-6-7-9-18(17)25-13-16-10-11-16/h6-9,16H,10-15H2,1-5H3,(H2,21,22,23). The Morgan fingerprint density at radius 2 is 1.96 bits per heavy atom. The molecule has 2 N–H and O–H groups in total. The molecule has 0 atom stereocenters. The van der Waals surface area contributed by atoms with Crippen LogP contribution in [0.2, 0.25) is 0 Å². The SMILES string of the molecule is CN=C(NCc1ccccc1OCC1CC1)NCC(C)(C)CN(C)C. The van der Waals surface area contributed by atoms with Crippen LogP contribution in [0.25, 0.3) is 0 Å². The summed E-state index contributed by atoms with van der Waals surface area (Å²) < 4.78 is 5.98. The van der Waals surface area contributed by atoms with Crippen LogP contribution in [0.1, 0.15) is 32.3 Å². The van der Waals surface area contributed by atoms with Gasteiger partial charge in [-0.1, -0.05) is 32.0 Å². The van der Waals surface area contributed by atoms with Crippen LogP contribution in [0.15, 0.2) is 29.3 Å². The predicted molar refractivity (Wildman–Crippen MR) is 105 cm³/mol. The molecule has 0 aliphatic heterocycles. The second-order valence-electron chi connectivity index (χ2n) is 8.04. The molecule has 1 fully saturated rings. The van der Waals surface area contributed by atoms with Crippen LogP contribution < -0.4 is 15.4 Å². The summed E-state index contributed by atoms with van der Waals surface area (Å²) in [6, 6.07) is 8.24. The minimum absolute atomic E-state index is 0.173. The van der Waals surface area contributed by atoms with Crippen LogP contribution in [0.5, 0.6) is 5.75 Å². The van der Waals surface area contributed by atoms with E-state index < -0.39 is 0 Å². The van der Waals surface area contributed by atoms with Crippen LogP contribution in [-0.2, 0) is 6.54 Å². The Morgan fingerprint density at radius 1 is 1.24 bits per heavy atom. The summed E-state index contributed by atoms with van der Waals surface area (Å²) in [4.78, 5) is 6.55. The van der Waals surface area contributed by atoms with Gasteiger partial charge in [0.2, 0.25) is 0 Å². The van der Waals surface area contributed by atoms with Gasteiger partial charge in [-0.15, -0.1) is 0 Å². The molecule has 0 amide bonds. The van der Waals surface area contributed by atoms with E-state index in [4.69, 9.17) is 4.74 Å². The van der Waals surface area contributed by atoms with E-state index in [0.717, 1.165) is 37.3 Å². The maximum absolute atomic E-state index is 5.98. The zero-order valence-corrected chi connectivity index (χ0v) is 16.4. The van der Waals surface area contributed by atoms with E-state index in [9.17, 15) is 0 Å². The number of para-hydroxylation sites is 1. The van der Waals surface area contributed by atoms with Gasteiger partial charge in [-0.05, 0) is 44.3 Å². The lowest BCUT2D eigenvalue weighted by molar-refractivity contribution is 0.241. The quantitative estimate of drug-likeness (QED) is 0.533. The van der Waals surface area contributed by atoms with Crippen LogP contribution in [0, 0.1) is 11.3 Å². The summed E-state index contributed by atoms with van der Waals surface area (Å²) in [5, 5.41) is 6.84. The Labute approximate surface area is 152 Å². The summed E-state index contributed by atoms with van der Waals surface area (Å²) in [6.45, 7) is 7.94. The monoisotopic (exact) mass is 346 g/mol. The lowest BCUT2D eigenvalue weighted by atomic mass is 9.93. The first-order valence-electron chi connectivity index (χ1n) is 9.19. The van der Waals surface area contributed by atoms with E-state index in [0.29, 0.717) is 6.54 Å². The van der Waals surface area contributed by atoms with Crippen molar-refractivity contribution in [2.45, 2.75) is 33.2 Å². The zero-order valence-electron chi connectivity index (χ0n) is 16.4. The molecule has 1 aliphatic carbocycles. The molecule has 25 heavy (non-hydrogen) atoms. The van der Waals surface area contributed by atoms with E-state index in [-0.39, 0.29) is 5.41 Å². The van der Waals surface area contributed by atoms with Crippen molar-refractivity contribution in [2.75, 3.05) is 40.8 Å². The zero-order chi connectivity index (χ0) is 18.3. The first kappa shape index (κ1) is 19.6. The first-order chi connectivity index (χ1) is 11.9. The van der Waals surface area contributed by atoms with Gasteiger partial charge in [-0.2, -0.15) is 0 Å². The molecule has 5 nitrogen and oxygen atoms in total. The Balaban J connectivity index is 1.84. The lowest BCUT2D eigenvalue weighted by Crippen LogP contribution is -2.44. The number of aliphatic imine (C=N–C) groups is 1. The molecule has 140 valence electrons. The van der Waals surface area contributed by atoms with Crippen molar-refractivity contribution < 1.29 is 4.74 Å². The second kappa shape index (κ2) is 9.09. The second-order valence-corrected chi connectivity index (χ2v) is 8.04. The molecule has 1 aliphatic rings. The van der Waals surface area contributed by atoms with Gasteiger partial charge in [0.05, 0.1) is 6.61 Å². The average molecular weight is 347 g/mol. The fourth-order valence-corrected chi connectivity index (χ4v) is 2.92. The molecule has 0 aromatic heterocycles. The minimum Gasteiger partial charge on any atom is -0.493 e. The van der Waals surface area contributed by atoms with Gasteiger partial charge in [0.15, 0.2) is 5.96 Å². The number of benzene rings is 1. The van der Waals surface area contributed by atoms with Gasteiger partial charge < -0.3 is 20.3 Å². The summed E-state index contributed by atoms with van der Waals surface area (Å²) in [5.74, 6) is 2.56. The predicted octanol–water partition coefficient (Wildman–Crippen LogP) is 2.73. The molecule has 1 aromatic rings. The van der Waals surface area contributed by atoms with Crippen molar-refractivity contribution >= 4 is 5.96 Å². The Morgan fingerprint density at radius 3 is 2.60 bits per heavy atom. The Bertz CT molecular complexity index is 565. The van der Waals surface area contributed by atoms with Gasteiger partial charge in [0.1, 0.15) is 5.75 Å². The van der Waals surface area contributed by atoms with Crippen molar-refractivity contribution in [1.82, 2.24) is 15.5 Å². The van der Waals surface area contributed by atoms with Crippen molar-refractivity contribution in [2.24, 2.45) is 16.3 Å². The molecule has 0 spiro atoms. The number of nitrogens with zero attached hydrogens (tertiary/aromatic N) is 2. The van der Waals surface area contributed by atoms with Gasteiger partial charge >= 0.3 is 0 Å². The van der Waals surface area contributed by atoms with Gasteiger partial charge in [-0.3, -0.25) is 4.99 Å². The molecule has 0 saturated heterocycles. The van der Waals surface area contributed by atoms with Gasteiger partial charge in [-0.25, -0.2) is 0 Å². The average Bonchev–Trinajstić information content (AvgIpc) is 3.37. The van der Waals surface area contributed by atoms with E-state index >= 15 is 0 Å². The Hall–Kier alpha value is -1.75. The van der Waals surface area contributed by atoms with Gasteiger partial charge in [0, 0.05) is 32.2 Å². The topological polar surface area (TPSA) is 48.9 Å². The molecule has 0 bridgehead atoms. The summed E-state index contributed by atoms with van der Waals surface area (Å²) in [7, 11) is 6.02. The van der Waals surface area contributed by atoms with Crippen LogP contribution in [0.3, 0.4) is 0 Å². The highest BCUT2D eigenvalue weighted by Crippen LogP contribution is 2.30. The van der Waals surface area contributed by atoms with Crippen molar-refractivity contribution in [1.29, 1.82) is 0 Å². The highest BCUT2D eigenvalue weighted by molar-refractivity contribution is 5.79. The summed E-state index contributed by atoms with van der Waals surface area (Å²) in [6.07, 6.45) is 2.61. The number of ether oxygens (including phenoxy) is 1. The van der Waals surface area contributed by atoms with E-state index in [1.807, 2.05) is 13.1 Å². The van der Waals surface area contributed by atoms with E-state index in [1.165, 1.54) is 18.4 Å². The smallest absolute Gasteiger partial charge is 0.191 e. The molecule has 0 heterocycles. The number of hydrogen-bond acceptors (Lipinski definition) is 3. The molecular formula is C20H34N4O. The molecule has 1 aromatic carbocycles. The van der Waals surface area contributed by atoms with Crippen LogP contribution >= 0.6 is 0 Å². The molecule has 0 unspecified atom stereocenters. The lowest BCUT2D eigenvalue weighted by Gasteiger charge is -2.29. The van der Waals surface area contributed by atoms with Crippen LogP contribution in [-0.4, -0.2) is 51.7 Å². The minimum atomic E-state index is 0.173. The fourth-order valence-electron chi connectivity index (χ4n) is 2.92. The molecule has 2 rings (SSSR count). The van der Waals surface area contributed by atoms with Crippen LogP contribution in [0.4, 0.5) is 0 Å². The maximum Gasteiger partial charge on any atom is 0.191 e. The number of nitrogens with one attached hydrogen (secondary N) is 2. The van der Waals surface area contributed by atoms with Crippen molar-refractivity contribution in [3.05, 3.63) is 29.8 Å². The molecular weight excluding hydrogens is 312 g/mol. The normalized spacial score (nSPS) is 15.4. The number of rotatable bonds is 9. The number of hydrogen-bond donors (Lipinski definition) is 2. The highest BCUT2D eigenvalue weighted by atomic mass is 16.5. The summed E-state index contributed by atoms with van der Waals surface area (Å²) >= 11 is 0. The van der Waals surface area contributed by atoms with Crippen molar-refractivity contribution in [3.63, 3.8) is 0 Å². The van der Waals surface area contributed by atoms with E-state index in [2.05, 4.69) is 66.7 Å². The molecule has 5 heteroatoms. The van der Waals surface area contributed by atoms with E-state index in [1.54, 1.807) is 0 Å². The fraction of sp³-hybridized carbons (Fsp3) is 0.650. The highest BCUT2D eigenvalue weighted by Gasteiger charge is 2.22. The molecule has 1 saturated carbocycles. The largest absolute Gasteiger partial charge is 0.493 e. The first-order valence-corrected chi connectivity index (χ1v) is 9.19. The maximum atomic E-state index is 5.98. The summed E-state index contributed by atoms with van der Waals surface area (Å²) in [5.41, 5.74) is 1.34. The number of guanidine groups is 1.